The molecule has 0 aliphatic heterocycles. The second-order valence-electron chi connectivity index (χ2n) is 11.3. The number of nitrogens with one attached hydrogen (secondary N) is 2. The van der Waals surface area contributed by atoms with E-state index in [0.717, 1.165) is 30.4 Å². The van der Waals surface area contributed by atoms with Crippen molar-refractivity contribution in [3.8, 4) is 0 Å². The first-order chi connectivity index (χ1) is 17.6. The molecule has 2 amide bonds. The van der Waals surface area contributed by atoms with Crippen molar-refractivity contribution in [2.75, 3.05) is 0 Å². The number of hydrogen-bond donors (Lipinski definition) is 2. The molecule has 2 aromatic rings. The van der Waals surface area contributed by atoms with Gasteiger partial charge >= 0.3 is 5.76 Å². The molecule has 2 N–H and O–H groups in total. The van der Waals surface area contributed by atoms with Crippen molar-refractivity contribution < 1.29 is 18.8 Å². The summed E-state index contributed by atoms with van der Waals surface area (Å²) >= 11 is 0. The van der Waals surface area contributed by atoms with Crippen molar-refractivity contribution in [3.05, 3.63) is 46.5 Å². The maximum Gasteiger partial charge on any atom is 0.437 e. The molecule has 2 heterocycles. The van der Waals surface area contributed by atoms with Crippen LogP contribution in [0.2, 0.25) is 0 Å². The van der Waals surface area contributed by atoms with Crippen LogP contribution in [0.15, 0.2) is 33.6 Å². The Kier molecular flexibility index (Phi) is 7.94. The standard InChI is InChI=1S/C27H37N5O5/c1-16(2)13-20(22(33)25-31-32(15-17(3)4)26(36)37-25)29-23(34)18-9-5-7-11-27(18)14-21(27)30-24(35)19-10-6-8-12-28-19/h6,8,10,12,16-18,20-21H,5,7,9,11,13-15H2,1-4H3,(H,29,34)(H,30,35)/t18-,20?,21?,27?/m0/s1. The number of carbonyl (C=O) groups is 3. The summed E-state index contributed by atoms with van der Waals surface area (Å²) in [5, 5.41) is 10.1. The summed E-state index contributed by atoms with van der Waals surface area (Å²) < 4.78 is 6.32. The summed E-state index contributed by atoms with van der Waals surface area (Å²) in [6.07, 6.45) is 6.14. The van der Waals surface area contributed by atoms with E-state index in [1.54, 1.807) is 24.4 Å². The fourth-order valence-corrected chi connectivity index (χ4v) is 5.55. The molecule has 2 saturated carbocycles. The van der Waals surface area contributed by atoms with E-state index in [2.05, 4.69) is 20.7 Å². The molecule has 10 heteroatoms. The highest BCUT2D eigenvalue weighted by Crippen LogP contribution is 2.59. The molecular formula is C27H37N5O5. The van der Waals surface area contributed by atoms with Crippen LogP contribution in [0.1, 0.15) is 87.4 Å². The van der Waals surface area contributed by atoms with E-state index in [4.69, 9.17) is 4.42 Å². The third kappa shape index (κ3) is 5.99. The lowest BCUT2D eigenvalue weighted by atomic mass is 9.75. The number of carbonyl (C=O) groups excluding carboxylic acids is 3. The molecule has 2 aliphatic carbocycles. The molecule has 2 aromatic heterocycles. The molecule has 1 spiro atoms. The van der Waals surface area contributed by atoms with Crippen LogP contribution < -0.4 is 16.4 Å². The lowest BCUT2D eigenvalue weighted by Gasteiger charge is -2.33. The van der Waals surface area contributed by atoms with Crippen LogP contribution in [0.3, 0.4) is 0 Å². The molecule has 2 fully saturated rings. The van der Waals surface area contributed by atoms with Crippen LogP contribution in [0, 0.1) is 23.2 Å². The van der Waals surface area contributed by atoms with E-state index in [0.29, 0.717) is 25.1 Å². The van der Waals surface area contributed by atoms with Crippen LogP contribution >= 0.6 is 0 Å². The molecule has 200 valence electrons. The number of pyridine rings is 1. The molecule has 0 saturated heterocycles. The first-order valence-corrected chi connectivity index (χ1v) is 13.2. The lowest BCUT2D eigenvalue weighted by molar-refractivity contribution is -0.129. The zero-order valence-electron chi connectivity index (χ0n) is 22.0. The summed E-state index contributed by atoms with van der Waals surface area (Å²) in [6.45, 7) is 8.15. The van der Waals surface area contributed by atoms with E-state index < -0.39 is 17.6 Å². The Morgan fingerprint density at radius 2 is 1.95 bits per heavy atom. The first kappa shape index (κ1) is 26.8. The minimum absolute atomic E-state index is 0.109. The van der Waals surface area contributed by atoms with Gasteiger partial charge in [0.25, 0.3) is 11.8 Å². The minimum Gasteiger partial charge on any atom is -0.384 e. The highest BCUT2D eigenvalue weighted by molar-refractivity contribution is 5.99. The van der Waals surface area contributed by atoms with E-state index in [9.17, 15) is 19.2 Å². The van der Waals surface area contributed by atoms with Gasteiger partial charge in [0.15, 0.2) is 0 Å². The van der Waals surface area contributed by atoms with E-state index in [1.165, 1.54) is 0 Å². The zero-order chi connectivity index (χ0) is 26.7. The average molecular weight is 512 g/mol. The minimum atomic E-state index is -0.850. The van der Waals surface area contributed by atoms with Crippen molar-refractivity contribution >= 4 is 17.6 Å². The van der Waals surface area contributed by atoms with Gasteiger partial charge in [0, 0.05) is 23.6 Å². The van der Waals surface area contributed by atoms with Gasteiger partial charge < -0.3 is 15.1 Å². The van der Waals surface area contributed by atoms with Gasteiger partial charge in [-0.1, -0.05) is 46.6 Å². The van der Waals surface area contributed by atoms with Crippen LogP contribution in [0.4, 0.5) is 0 Å². The highest BCUT2D eigenvalue weighted by Gasteiger charge is 2.62. The fourth-order valence-electron chi connectivity index (χ4n) is 5.55. The molecule has 0 aromatic carbocycles. The van der Waals surface area contributed by atoms with Crippen molar-refractivity contribution in [2.24, 2.45) is 23.2 Å². The SMILES string of the molecule is CC(C)CC(NC(=O)[C@@H]1CCCCC12CC2NC(=O)c1ccccn1)C(=O)c1nn(CC(C)C)c(=O)o1. The molecule has 2 aliphatic rings. The summed E-state index contributed by atoms with van der Waals surface area (Å²) in [4.78, 5) is 55.9. The predicted molar refractivity (Wildman–Crippen MR) is 136 cm³/mol. The zero-order valence-corrected chi connectivity index (χ0v) is 22.0. The number of hydrogen-bond acceptors (Lipinski definition) is 7. The normalized spacial score (nSPS) is 23.7. The van der Waals surface area contributed by atoms with Crippen LogP contribution in [-0.2, 0) is 11.3 Å². The second kappa shape index (κ2) is 11.0. The van der Waals surface area contributed by atoms with Crippen molar-refractivity contribution in [2.45, 2.75) is 84.8 Å². The average Bonchev–Trinajstić information content (AvgIpc) is 3.38. The van der Waals surface area contributed by atoms with Crippen LogP contribution in [0.5, 0.6) is 0 Å². The predicted octanol–water partition coefficient (Wildman–Crippen LogP) is 2.98. The van der Waals surface area contributed by atoms with Gasteiger partial charge in [-0.25, -0.2) is 4.79 Å². The van der Waals surface area contributed by atoms with E-state index in [1.807, 2.05) is 27.7 Å². The monoisotopic (exact) mass is 511 g/mol. The van der Waals surface area contributed by atoms with Crippen molar-refractivity contribution in [3.63, 3.8) is 0 Å². The number of Topliss-reactive ketones (excluding diaryl/α,β-unsaturated/α-hetero) is 1. The Labute approximate surface area is 216 Å². The Hall–Kier alpha value is -3.30. The Bertz CT molecular complexity index is 1190. The number of nitrogens with zero attached hydrogens (tertiary/aromatic N) is 3. The Morgan fingerprint density at radius 3 is 2.62 bits per heavy atom. The van der Waals surface area contributed by atoms with Gasteiger partial charge in [0.2, 0.25) is 11.7 Å². The molecule has 37 heavy (non-hydrogen) atoms. The quantitative estimate of drug-likeness (QED) is 0.468. The van der Waals surface area contributed by atoms with Crippen molar-refractivity contribution in [1.29, 1.82) is 0 Å². The topological polar surface area (TPSA) is 136 Å². The third-order valence-electron chi connectivity index (χ3n) is 7.41. The summed E-state index contributed by atoms with van der Waals surface area (Å²) in [5.41, 5.74) is 0.0335. The maximum absolute atomic E-state index is 13.6. The number of ketones is 1. The van der Waals surface area contributed by atoms with Gasteiger partial charge in [-0.15, -0.1) is 5.10 Å². The molecule has 4 rings (SSSR count). The van der Waals surface area contributed by atoms with Gasteiger partial charge in [0.1, 0.15) is 5.69 Å². The van der Waals surface area contributed by atoms with Gasteiger partial charge in [0.05, 0.1) is 12.6 Å². The largest absolute Gasteiger partial charge is 0.437 e. The van der Waals surface area contributed by atoms with Gasteiger partial charge in [-0.05, 0) is 49.7 Å². The molecule has 0 radical (unpaired) electrons. The van der Waals surface area contributed by atoms with Crippen LogP contribution in [-0.4, -0.2) is 44.4 Å². The third-order valence-corrected chi connectivity index (χ3v) is 7.41. The lowest BCUT2D eigenvalue weighted by Crippen LogP contribution is -2.48. The fraction of sp³-hybridized carbons (Fsp3) is 0.630. The van der Waals surface area contributed by atoms with Crippen molar-refractivity contribution in [1.82, 2.24) is 25.4 Å². The molecular weight excluding hydrogens is 474 g/mol. The maximum atomic E-state index is 13.6. The number of amides is 2. The summed E-state index contributed by atoms with van der Waals surface area (Å²) in [6, 6.07) is 4.23. The molecule has 10 nitrogen and oxygen atoms in total. The molecule has 0 bridgehead atoms. The summed E-state index contributed by atoms with van der Waals surface area (Å²) in [7, 11) is 0. The number of rotatable bonds is 10. The number of aromatic nitrogens is 3. The van der Waals surface area contributed by atoms with E-state index in [-0.39, 0.29) is 46.9 Å². The Morgan fingerprint density at radius 1 is 1.16 bits per heavy atom. The Balaban J connectivity index is 1.47. The van der Waals surface area contributed by atoms with Gasteiger partial charge in [-0.2, -0.15) is 4.68 Å². The highest BCUT2D eigenvalue weighted by atomic mass is 16.4. The van der Waals surface area contributed by atoms with Crippen LogP contribution in [0.25, 0.3) is 0 Å². The van der Waals surface area contributed by atoms with E-state index >= 15 is 0 Å². The molecule has 4 atom stereocenters. The summed E-state index contributed by atoms with van der Waals surface area (Å²) in [5.74, 6) is -1.94. The second-order valence-corrected chi connectivity index (χ2v) is 11.3. The first-order valence-electron chi connectivity index (χ1n) is 13.2. The smallest absolute Gasteiger partial charge is 0.384 e. The molecule has 3 unspecified atom stereocenters. The van der Waals surface area contributed by atoms with Gasteiger partial charge in [-0.3, -0.25) is 19.4 Å².